The highest BCUT2D eigenvalue weighted by molar-refractivity contribution is 5.35. The van der Waals surface area contributed by atoms with Crippen molar-refractivity contribution in [3.8, 4) is 0 Å². The van der Waals surface area contributed by atoms with E-state index in [2.05, 4.69) is 46.3 Å². The molecular formula is C17H26N8. The molecule has 0 spiro atoms. The molecular weight excluding hydrogens is 316 g/mol. The van der Waals surface area contributed by atoms with Gasteiger partial charge < -0.3 is 10.2 Å². The Balaban J connectivity index is 1.32. The van der Waals surface area contributed by atoms with Gasteiger partial charge in [0.05, 0.1) is 24.1 Å². The van der Waals surface area contributed by atoms with E-state index < -0.39 is 0 Å². The number of aromatic nitrogens is 5. The molecule has 0 bridgehead atoms. The predicted octanol–water partition coefficient (Wildman–Crippen LogP) is 0.705. The van der Waals surface area contributed by atoms with Crippen molar-refractivity contribution >= 4 is 5.82 Å². The van der Waals surface area contributed by atoms with Crippen LogP contribution < -0.4 is 10.2 Å². The Morgan fingerprint density at radius 1 is 1.08 bits per heavy atom. The first-order valence-corrected chi connectivity index (χ1v) is 9.23. The Kier molecular flexibility index (Phi) is 5.17. The fraction of sp³-hybridized carbons (Fsp3) is 0.647. The largest absolute Gasteiger partial charge is 0.355 e. The van der Waals surface area contributed by atoms with Gasteiger partial charge in [-0.25, -0.2) is 9.67 Å². The molecule has 0 aliphatic carbocycles. The number of hydrogen-bond donors (Lipinski definition) is 1. The number of rotatable bonds is 4. The van der Waals surface area contributed by atoms with Gasteiger partial charge in [0.2, 0.25) is 0 Å². The molecule has 0 amide bonds. The van der Waals surface area contributed by atoms with Crippen LogP contribution in [0.4, 0.5) is 5.82 Å². The molecule has 0 unspecified atom stereocenters. The third-order valence-electron chi connectivity index (χ3n) is 5.09. The highest BCUT2D eigenvalue weighted by Gasteiger charge is 2.23. The Bertz CT molecular complexity index is 642. The van der Waals surface area contributed by atoms with E-state index in [4.69, 9.17) is 0 Å². The second kappa shape index (κ2) is 7.88. The van der Waals surface area contributed by atoms with Gasteiger partial charge in [-0.15, -0.1) is 5.10 Å². The topological polar surface area (TPSA) is 75.0 Å². The fourth-order valence-corrected chi connectivity index (χ4v) is 3.67. The van der Waals surface area contributed by atoms with E-state index in [9.17, 15) is 0 Å². The molecule has 8 nitrogen and oxygen atoms in total. The van der Waals surface area contributed by atoms with E-state index in [1.807, 2.05) is 6.20 Å². The van der Waals surface area contributed by atoms with Gasteiger partial charge in [-0.05, 0) is 32.4 Å². The van der Waals surface area contributed by atoms with E-state index >= 15 is 0 Å². The normalized spacial score (nSPS) is 20.6. The molecule has 2 aliphatic rings. The minimum Gasteiger partial charge on any atom is -0.355 e. The third-order valence-corrected chi connectivity index (χ3v) is 5.09. The van der Waals surface area contributed by atoms with E-state index in [1.165, 1.54) is 6.42 Å². The summed E-state index contributed by atoms with van der Waals surface area (Å²) in [5, 5.41) is 12.3. The van der Waals surface area contributed by atoms with Gasteiger partial charge in [0.15, 0.2) is 0 Å². The van der Waals surface area contributed by atoms with Crippen molar-refractivity contribution in [2.45, 2.75) is 31.8 Å². The second-order valence-electron chi connectivity index (χ2n) is 6.85. The SMILES string of the molecule is c1cnc(N2CCC(n3cc(CN4CCCNCC4)nn3)CC2)cn1. The zero-order valence-electron chi connectivity index (χ0n) is 14.6. The minimum absolute atomic E-state index is 0.431. The van der Waals surface area contributed by atoms with Gasteiger partial charge in [0.1, 0.15) is 5.82 Å². The highest BCUT2D eigenvalue weighted by atomic mass is 15.4. The molecule has 1 N–H and O–H groups in total. The smallest absolute Gasteiger partial charge is 0.147 e. The van der Waals surface area contributed by atoms with Gasteiger partial charge in [0.25, 0.3) is 0 Å². The van der Waals surface area contributed by atoms with Crippen molar-refractivity contribution in [2.24, 2.45) is 0 Å². The molecule has 2 aromatic heterocycles. The quantitative estimate of drug-likeness (QED) is 0.877. The van der Waals surface area contributed by atoms with E-state index in [0.29, 0.717) is 6.04 Å². The Labute approximate surface area is 148 Å². The molecule has 134 valence electrons. The van der Waals surface area contributed by atoms with Crippen molar-refractivity contribution in [2.75, 3.05) is 44.2 Å². The maximum absolute atomic E-state index is 4.41. The van der Waals surface area contributed by atoms with Crippen LogP contribution >= 0.6 is 0 Å². The summed E-state index contributed by atoms with van der Waals surface area (Å²) in [6.45, 7) is 7.27. The summed E-state index contributed by atoms with van der Waals surface area (Å²) in [5.41, 5.74) is 1.08. The predicted molar refractivity (Wildman–Crippen MR) is 95.3 cm³/mol. The Morgan fingerprint density at radius 3 is 2.84 bits per heavy atom. The van der Waals surface area contributed by atoms with Gasteiger partial charge in [-0.3, -0.25) is 9.88 Å². The number of hydrogen-bond acceptors (Lipinski definition) is 7. The van der Waals surface area contributed by atoms with Crippen LogP contribution in [0.3, 0.4) is 0 Å². The van der Waals surface area contributed by atoms with Crippen LogP contribution in [0.15, 0.2) is 24.8 Å². The third kappa shape index (κ3) is 4.13. The number of piperidine rings is 1. The summed E-state index contributed by atoms with van der Waals surface area (Å²) >= 11 is 0. The molecule has 8 heteroatoms. The van der Waals surface area contributed by atoms with Crippen LogP contribution in [0.25, 0.3) is 0 Å². The van der Waals surface area contributed by atoms with Crippen molar-refractivity contribution in [3.63, 3.8) is 0 Å². The first kappa shape index (κ1) is 16.4. The van der Waals surface area contributed by atoms with Crippen LogP contribution in [0, 0.1) is 0 Å². The molecule has 4 rings (SSSR count). The van der Waals surface area contributed by atoms with Crippen LogP contribution in [0.2, 0.25) is 0 Å². The molecule has 4 heterocycles. The van der Waals surface area contributed by atoms with Crippen LogP contribution in [0.5, 0.6) is 0 Å². The molecule has 2 aromatic rings. The first-order chi connectivity index (χ1) is 12.4. The summed E-state index contributed by atoms with van der Waals surface area (Å²) in [6.07, 6.45) is 10.8. The van der Waals surface area contributed by atoms with Crippen LogP contribution in [-0.4, -0.2) is 69.1 Å². The lowest BCUT2D eigenvalue weighted by atomic mass is 10.1. The second-order valence-corrected chi connectivity index (χ2v) is 6.85. The summed E-state index contributed by atoms with van der Waals surface area (Å²) in [6, 6.07) is 0.431. The average Bonchev–Trinajstić information content (AvgIpc) is 2.98. The fourth-order valence-electron chi connectivity index (χ4n) is 3.67. The van der Waals surface area contributed by atoms with Crippen molar-refractivity contribution < 1.29 is 0 Å². The lowest BCUT2D eigenvalue weighted by Gasteiger charge is -2.32. The summed E-state index contributed by atoms with van der Waals surface area (Å²) in [7, 11) is 0. The van der Waals surface area contributed by atoms with Gasteiger partial charge in [0, 0.05) is 45.1 Å². The van der Waals surface area contributed by atoms with Crippen molar-refractivity contribution in [1.29, 1.82) is 0 Å². The maximum atomic E-state index is 4.41. The van der Waals surface area contributed by atoms with Gasteiger partial charge in [-0.2, -0.15) is 0 Å². The summed E-state index contributed by atoms with van der Waals surface area (Å²) in [4.78, 5) is 13.3. The van der Waals surface area contributed by atoms with Crippen LogP contribution in [-0.2, 0) is 6.54 Å². The number of anilines is 1. The molecule has 2 aliphatic heterocycles. The minimum atomic E-state index is 0.431. The van der Waals surface area contributed by atoms with Gasteiger partial charge >= 0.3 is 0 Å². The maximum Gasteiger partial charge on any atom is 0.147 e. The highest BCUT2D eigenvalue weighted by Crippen LogP contribution is 2.24. The standard InChI is InChI=1S/C17H26N8/c1-4-18-7-11-23(8-1)13-15-14-25(22-21-15)16-2-9-24(10-3-16)17-12-19-5-6-20-17/h5-6,12,14,16,18H,1-4,7-11,13H2. The Morgan fingerprint density at radius 2 is 2.00 bits per heavy atom. The number of nitrogens with one attached hydrogen (secondary N) is 1. The molecule has 0 radical (unpaired) electrons. The monoisotopic (exact) mass is 342 g/mol. The van der Waals surface area contributed by atoms with Crippen molar-refractivity contribution in [1.82, 2.24) is 35.2 Å². The Hall–Kier alpha value is -2.06. The summed E-state index contributed by atoms with van der Waals surface area (Å²) in [5.74, 6) is 0.968. The van der Waals surface area contributed by atoms with E-state index in [1.54, 1.807) is 12.4 Å². The summed E-state index contributed by atoms with van der Waals surface area (Å²) < 4.78 is 2.07. The molecule has 2 fully saturated rings. The molecule has 0 aromatic carbocycles. The number of nitrogens with zero attached hydrogens (tertiary/aromatic N) is 7. The average molecular weight is 342 g/mol. The lowest BCUT2D eigenvalue weighted by Crippen LogP contribution is -2.35. The molecule has 0 saturated carbocycles. The molecule has 25 heavy (non-hydrogen) atoms. The van der Waals surface area contributed by atoms with Crippen LogP contribution in [0.1, 0.15) is 31.0 Å². The van der Waals surface area contributed by atoms with Crippen molar-refractivity contribution in [3.05, 3.63) is 30.5 Å². The van der Waals surface area contributed by atoms with E-state index in [-0.39, 0.29) is 0 Å². The zero-order valence-corrected chi connectivity index (χ0v) is 14.6. The lowest BCUT2D eigenvalue weighted by molar-refractivity contribution is 0.281. The zero-order chi connectivity index (χ0) is 16.9. The first-order valence-electron chi connectivity index (χ1n) is 9.23. The molecule has 2 saturated heterocycles. The molecule has 0 atom stereocenters. The van der Waals surface area contributed by atoms with Gasteiger partial charge in [-0.1, -0.05) is 5.21 Å². The van der Waals surface area contributed by atoms with E-state index in [0.717, 1.165) is 70.2 Å².